The fourth-order valence-corrected chi connectivity index (χ4v) is 2.18. The summed E-state index contributed by atoms with van der Waals surface area (Å²) in [7, 11) is 0. The summed E-state index contributed by atoms with van der Waals surface area (Å²) in [6.45, 7) is 2.74. The molecular weight excluding hydrogens is 297 g/mol. The van der Waals surface area contributed by atoms with Crippen molar-refractivity contribution < 1.29 is 4.79 Å². The van der Waals surface area contributed by atoms with E-state index in [1.807, 2.05) is 18.4 Å². The van der Waals surface area contributed by atoms with Gasteiger partial charge in [-0.1, -0.05) is 22.6 Å². The molecular formula is C9H12INOS. The minimum atomic E-state index is 0.0670. The lowest BCUT2D eigenvalue weighted by Gasteiger charge is -2.02. The van der Waals surface area contributed by atoms with Crippen molar-refractivity contribution in [1.29, 1.82) is 0 Å². The van der Waals surface area contributed by atoms with Gasteiger partial charge in [-0.05, 0) is 30.4 Å². The molecule has 0 bridgehead atoms. The van der Waals surface area contributed by atoms with E-state index in [1.165, 1.54) is 11.3 Å². The lowest BCUT2D eigenvalue weighted by molar-refractivity contribution is 0.0957. The van der Waals surface area contributed by atoms with Crippen LogP contribution in [0.4, 0.5) is 0 Å². The van der Waals surface area contributed by atoms with Gasteiger partial charge in [0.2, 0.25) is 0 Å². The molecule has 1 amide bonds. The number of carbonyl (C=O) groups excluding carboxylic acids is 1. The maximum atomic E-state index is 11.5. The van der Waals surface area contributed by atoms with Gasteiger partial charge < -0.3 is 5.32 Å². The predicted octanol–water partition coefficient (Wildman–Crippen LogP) is 2.61. The van der Waals surface area contributed by atoms with Crippen molar-refractivity contribution in [3.63, 3.8) is 0 Å². The van der Waals surface area contributed by atoms with Crippen molar-refractivity contribution >= 4 is 39.8 Å². The first kappa shape index (κ1) is 11.0. The van der Waals surface area contributed by atoms with Crippen LogP contribution < -0.4 is 5.32 Å². The zero-order valence-electron chi connectivity index (χ0n) is 7.47. The van der Waals surface area contributed by atoms with E-state index in [0.717, 1.165) is 27.8 Å². The molecule has 0 saturated heterocycles. The highest BCUT2D eigenvalue weighted by atomic mass is 127. The summed E-state index contributed by atoms with van der Waals surface area (Å²) in [4.78, 5) is 12.3. The molecule has 1 rings (SSSR count). The Hall–Kier alpha value is -0.100. The Morgan fingerprint density at radius 3 is 3.00 bits per heavy atom. The Morgan fingerprint density at radius 1 is 1.69 bits per heavy atom. The predicted molar refractivity (Wildman–Crippen MR) is 64.9 cm³/mol. The smallest absolute Gasteiger partial charge is 0.261 e. The Morgan fingerprint density at radius 2 is 2.46 bits per heavy atom. The van der Waals surface area contributed by atoms with Crippen molar-refractivity contribution in [2.45, 2.75) is 13.3 Å². The van der Waals surface area contributed by atoms with Crippen LogP contribution >= 0.6 is 33.9 Å². The Labute approximate surface area is 95.9 Å². The van der Waals surface area contributed by atoms with Gasteiger partial charge in [0.05, 0.1) is 4.88 Å². The second kappa shape index (κ2) is 5.59. The first-order valence-electron chi connectivity index (χ1n) is 4.14. The number of amides is 1. The maximum absolute atomic E-state index is 11.5. The van der Waals surface area contributed by atoms with Gasteiger partial charge in [0.1, 0.15) is 0 Å². The first-order chi connectivity index (χ1) is 6.25. The monoisotopic (exact) mass is 309 g/mol. The molecule has 2 nitrogen and oxygen atoms in total. The third-order valence-corrected chi connectivity index (χ3v) is 3.44. The highest BCUT2D eigenvalue weighted by Gasteiger charge is 2.08. The third-order valence-electron chi connectivity index (χ3n) is 1.66. The topological polar surface area (TPSA) is 29.1 Å². The largest absolute Gasteiger partial charge is 0.351 e. The van der Waals surface area contributed by atoms with E-state index in [2.05, 4.69) is 27.9 Å². The molecule has 1 aromatic heterocycles. The fourth-order valence-electron chi connectivity index (χ4n) is 0.954. The van der Waals surface area contributed by atoms with Gasteiger partial charge in [-0.3, -0.25) is 4.79 Å². The van der Waals surface area contributed by atoms with Crippen LogP contribution in [0.2, 0.25) is 0 Å². The van der Waals surface area contributed by atoms with Crippen LogP contribution in [0.3, 0.4) is 0 Å². The number of alkyl halides is 1. The summed E-state index contributed by atoms with van der Waals surface area (Å²) in [5.41, 5.74) is 1.07. The van der Waals surface area contributed by atoms with Crippen molar-refractivity contribution in [3.05, 3.63) is 21.9 Å². The summed E-state index contributed by atoms with van der Waals surface area (Å²) in [5.74, 6) is 0.0670. The van der Waals surface area contributed by atoms with Crippen molar-refractivity contribution in [3.8, 4) is 0 Å². The fraction of sp³-hybridized carbons (Fsp3) is 0.444. The second-order valence-corrected chi connectivity index (χ2v) is 4.73. The summed E-state index contributed by atoms with van der Waals surface area (Å²) in [6, 6.07) is 1.97. The Bertz CT molecular complexity index is 285. The standard InChI is InChI=1S/C9H12INOS/c1-7-3-6-13-8(7)9(12)11-5-2-4-10/h3,6H,2,4-5H2,1H3,(H,11,12). The molecule has 0 aliphatic rings. The molecule has 0 atom stereocenters. The van der Waals surface area contributed by atoms with Gasteiger partial charge in [-0.25, -0.2) is 0 Å². The normalized spacial score (nSPS) is 10.0. The van der Waals surface area contributed by atoms with E-state index in [-0.39, 0.29) is 5.91 Å². The van der Waals surface area contributed by atoms with Crippen molar-refractivity contribution in [2.24, 2.45) is 0 Å². The number of rotatable bonds is 4. The number of aryl methyl sites for hydroxylation is 1. The molecule has 72 valence electrons. The highest BCUT2D eigenvalue weighted by Crippen LogP contribution is 2.14. The number of carbonyl (C=O) groups is 1. The quantitative estimate of drug-likeness (QED) is 0.517. The molecule has 0 saturated carbocycles. The summed E-state index contributed by atoms with van der Waals surface area (Å²) < 4.78 is 1.08. The highest BCUT2D eigenvalue weighted by molar-refractivity contribution is 14.1. The van der Waals surface area contributed by atoms with Crippen LogP contribution in [0, 0.1) is 6.92 Å². The van der Waals surface area contributed by atoms with E-state index in [0.29, 0.717) is 0 Å². The molecule has 1 N–H and O–H groups in total. The summed E-state index contributed by atoms with van der Waals surface area (Å²) >= 11 is 3.81. The number of halogens is 1. The second-order valence-electron chi connectivity index (χ2n) is 2.73. The zero-order chi connectivity index (χ0) is 9.68. The average Bonchev–Trinajstić information content (AvgIpc) is 2.52. The van der Waals surface area contributed by atoms with E-state index in [9.17, 15) is 4.79 Å². The zero-order valence-corrected chi connectivity index (χ0v) is 10.4. The van der Waals surface area contributed by atoms with Gasteiger partial charge in [0.15, 0.2) is 0 Å². The molecule has 0 aliphatic carbocycles. The first-order valence-corrected chi connectivity index (χ1v) is 6.54. The van der Waals surface area contributed by atoms with Gasteiger partial charge in [0, 0.05) is 11.0 Å². The van der Waals surface area contributed by atoms with Crippen molar-refractivity contribution in [1.82, 2.24) is 5.32 Å². The molecule has 0 unspecified atom stereocenters. The SMILES string of the molecule is Cc1ccsc1C(=O)NCCCI. The molecule has 0 aromatic carbocycles. The van der Waals surface area contributed by atoms with Crippen LogP contribution in [0.15, 0.2) is 11.4 Å². The third kappa shape index (κ3) is 3.27. The number of hydrogen-bond acceptors (Lipinski definition) is 2. The Kier molecular flexibility index (Phi) is 4.72. The number of hydrogen-bond donors (Lipinski definition) is 1. The molecule has 0 spiro atoms. The lowest BCUT2D eigenvalue weighted by Crippen LogP contribution is -2.24. The van der Waals surface area contributed by atoms with Crippen LogP contribution in [0.25, 0.3) is 0 Å². The van der Waals surface area contributed by atoms with Gasteiger partial charge in [-0.15, -0.1) is 11.3 Å². The van der Waals surface area contributed by atoms with Gasteiger partial charge in [-0.2, -0.15) is 0 Å². The van der Waals surface area contributed by atoms with Crippen LogP contribution in [-0.2, 0) is 0 Å². The molecule has 0 aliphatic heterocycles. The average molecular weight is 309 g/mol. The van der Waals surface area contributed by atoms with Gasteiger partial charge in [0.25, 0.3) is 5.91 Å². The van der Waals surface area contributed by atoms with Gasteiger partial charge >= 0.3 is 0 Å². The number of nitrogens with one attached hydrogen (secondary N) is 1. The van der Waals surface area contributed by atoms with E-state index in [1.54, 1.807) is 0 Å². The molecule has 13 heavy (non-hydrogen) atoms. The molecule has 1 aromatic rings. The van der Waals surface area contributed by atoms with Crippen LogP contribution in [-0.4, -0.2) is 16.9 Å². The van der Waals surface area contributed by atoms with E-state index in [4.69, 9.17) is 0 Å². The molecule has 1 heterocycles. The summed E-state index contributed by atoms with van der Waals surface area (Å²) in [5, 5.41) is 4.84. The van der Waals surface area contributed by atoms with Crippen LogP contribution in [0.1, 0.15) is 21.7 Å². The van der Waals surface area contributed by atoms with E-state index >= 15 is 0 Å². The molecule has 0 radical (unpaired) electrons. The Balaban J connectivity index is 2.45. The molecule has 0 fully saturated rings. The summed E-state index contributed by atoms with van der Waals surface area (Å²) in [6.07, 6.45) is 1.04. The van der Waals surface area contributed by atoms with E-state index < -0.39 is 0 Å². The number of thiophene rings is 1. The van der Waals surface area contributed by atoms with Crippen LogP contribution in [0.5, 0.6) is 0 Å². The minimum absolute atomic E-state index is 0.0670. The lowest BCUT2D eigenvalue weighted by atomic mass is 10.3. The minimum Gasteiger partial charge on any atom is -0.351 e. The van der Waals surface area contributed by atoms with Crippen molar-refractivity contribution in [2.75, 3.05) is 11.0 Å². The molecule has 4 heteroatoms. The maximum Gasteiger partial charge on any atom is 0.261 e.